The molecule has 3 heterocycles. The molecule has 1 aliphatic rings. The summed E-state index contributed by atoms with van der Waals surface area (Å²) in [5, 5.41) is 2.33. The molecule has 6 rings (SSSR count). The molecule has 0 amide bonds. The molecule has 2 nitrogen and oxygen atoms in total. The second-order valence-corrected chi connectivity index (χ2v) is 9.98. The van der Waals surface area contributed by atoms with E-state index in [1.807, 2.05) is 37.3 Å². The van der Waals surface area contributed by atoms with Crippen LogP contribution >= 0.6 is 11.3 Å². The van der Waals surface area contributed by atoms with Gasteiger partial charge in [0.1, 0.15) is 4.83 Å². The molecule has 33 heavy (non-hydrogen) atoms. The Morgan fingerprint density at radius 3 is 2.58 bits per heavy atom. The van der Waals surface area contributed by atoms with Gasteiger partial charge in [0.15, 0.2) is 0 Å². The summed E-state index contributed by atoms with van der Waals surface area (Å²) < 4.78 is 19.5. The summed E-state index contributed by atoms with van der Waals surface area (Å²) in [7, 11) is 0. The minimum Gasteiger partial charge on any atom is -0.256 e. The molecular formula is C30H28N2S. The molecule has 0 spiro atoms. The zero-order chi connectivity index (χ0) is 24.0. The number of benzene rings is 2. The summed E-state index contributed by atoms with van der Waals surface area (Å²) in [6.45, 7) is 1.91. The maximum atomic E-state index is 9.20. The second-order valence-electron chi connectivity index (χ2n) is 8.95. The number of hydrogen-bond donors (Lipinski definition) is 0. The van der Waals surface area contributed by atoms with Gasteiger partial charge in [-0.2, -0.15) is 0 Å². The highest BCUT2D eigenvalue weighted by molar-refractivity contribution is 7.25. The first-order valence-electron chi connectivity index (χ1n) is 12.8. The Morgan fingerprint density at radius 1 is 0.879 bits per heavy atom. The predicted molar refractivity (Wildman–Crippen MR) is 141 cm³/mol. The van der Waals surface area contributed by atoms with Crippen LogP contribution in [0.2, 0.25) is 0 Å². The van der Waals surface area contributed by atoms with E-state index in [1.54, 1.807) is 17.5 Å². The van der Waals surface area contributed by atoms with E-state index in [0.29, 0.717) is 0 Å². The van der Waals surface area contributed by atoms with Crippen molar-refractivity contribution in [3.05, 3.63) is 84.6 Å². The van der Waals surface area contributed by atoms with E-state index in [4.69, 9.17) is 6.35 Å². The van der Waals surface area contributed by atoms with Gasteiger partial charge in [0.2, 0.25) is 0 Å². The van der Waals surface area contributed by atoms with Crippen molar-refractivity contribution >= 4 is 31.6 Å². The van der Waals surface area contributed by atoms with Crippen LogP contribution in [-0.2, 0) is 0 Å². The summed E-state index contributed by atoms with van der Waals surface area (Å²) in [6.07, 6.45) is 6.63. The van der Waals surface area contributed by atoms with Crippen LogP contribution in [0.4, 0.5) is 0 Å². The van der Waals surface area contributed by atoms with Crippen LogP contribution < -0.4 is 0 Å². The molecule has 3 heteroatoms. The van der Waals surface area contributed by atoms with Gasteiger partial charge in [-0.1, -0.05) is 62.6 Å². The lowest BCUT2D eigenvalue weighted by molar-refractivity contribution is 0.316. The fourth-order valence-corrected chi connectivity index (χ4v) is 6.02. The van der Waals surface area contributed by atoms with Gasteiger partial charge in [-0.15, -0.1) is 11.3 Å². The van der Waals surface area contributed by atoms with Crippen LogP contribution in [0.1, 0.15) is 53.2 Å². The van der Waals surface area contributed by atoms with Crippen molar-refractivity contribution in [3.8, 4) is 22.5 Å². The van der Waals surface area contributed by atoms with Gasteiger partial charge in [-0.05, 0) is 66.6 Å². The molecule has 0 bridgehead atoms. The molecule has 0 N–H and O–H groups in total. The molecular weight excluding hydrogens is 420 g/mol. The fourth-order valence-electron chi connectivity index (χ4n) is 4.97. The van der Waals surface area contributed by atoms with Crippen molar-refractivity contribution in [2.75, 3.05) is 0 Å². The average Bonchev–Trinajstić information content (AvgIpc) is 3.27. The van der Waals surface area contributed by atoms with Gasteiger partial charge in [-0.25, -0.2) is 4.98 Å². The Labute approximate surface area is 202 Å². The first-order valence-corrected chi connectivity index (χ1v) is 12.6. The van der Waals surface area contributed by atoms with Crippen LogP contribution in [0, 0.1) is 5.89 Å². The van der Waals surface area contributed by atoms with E-state index in [2.05, 4.69) is 47.4 Å². The van der Waals surface area contributed by atoms with E-state index in [0.717, 1.165) is 64.0 Å². The van der Waals surface area contributed by atoms with Crippen LogP contribution in [0.5, 0.6) is 0 Å². The first kappa shape index (κ1) is 18.4. The van der Waals surface area contributed by atoms with E-state index < -0.39 is 11.8 Å². The minimum absolute atomic E-state index is 0.750. The van der Waals surface area contributed by atoms with Crippen LogP contribution in [0.3, 0.4) is 0 Å². The quantitative estimate of drug-likeness (QED) is 0.273. The molecule has 1 fully saturated rings. The zero-order valence-electron chi connectivity index (χ0n) is 20.8. The summed E-state index contributed by atoms with van der Waals surface area (Å²) in [5.41, 5.74) is 4.88. The molecule has 1 saturated carbocycles. The van der Waals surface area contributed by atoms with Gasteiger partial charge in [0, 0.05) is 35.5 Å². The van der Waals surface area contributed by atoms with Crippen LogP contribution in [0.25, 0.3) is 42.8 Å². The highest BCUT2D eigenvalue weighted by Gasteiger charge is 2.22. The zero-order valence-corrected chi connectivity index (χ0v) is 19.7. The van der Waals surface area contributed by atoms with E-state index in [9.17, 15) is 1.37 Å². The summed E-state index contributed by atoms with van der Waals surface area (Å²) in [6, 6.07) is 25.0. The van der Waals surface area contributed by atoms with E-state index in [1.165, 1.54) is 16.5 Å². The summed E-state index contributed by atoms with van der Waals surface area (Å²) in [5.74, 6) is -1.72. The lowest BCUT2D eigenvalue weighted by atomic mass is 9.78. The molecule has 0 aliphatic heterocycles. The number of nitrogens with zero attached hydrogens (tertiary/aromatic N) is 2. The normalized spacial score (nSPS) is 18.6. The van der Waals surface area contributed by atoms with Crippen LogP contribution in [0.15, 0.2) is 79.0 Å². The largest absolute Gasteiger partial charge is 0.256 e. The summed E-state index contributed by atoms with van der Waals surface area (Å²) in [4.78, 5) is 10.6. The molecule has 3 aromatic heterocycles. The third kappa shape index (κ3) is 3.95. The average molecular weight is 451 g/mol. The van der Waals surface area contributed by atoms with Crippen molar-refractivity contribution in [2.24, 2.45) is 5.89 Å². The van der Waals surface area contributed by atoms with Gasteiger partial charge >= 0.3 is 0 Å². The number of thiophene rings is 1. The lowest BCUT2D eigenvalue weighted by Crippen LogP contribution is -2.14. The fraction of sp³-hybridized carbons (Fsp3) is 0.267. The predicted octanol–water partition coefficient (Wildman–Crippen LogP) is 8.86. The molecule has 1 atom stereocenters. The Balaban J connectivity index is 1.39. The lowest BCUT2D eigenvalue weighted by Gasteiger charge is -2.28. The third-order valence-electron chi connectivity index (χ3n) is 6.88. The van der Waals surface area contributed by atoms with Crippen molar-refractivity contribution < 1.29 is 2.74 Å². The Morgan fingerprint density at radius 2 is 1.73 bits per heavy atom. The van der Waals surface area contributed by atoms with E-state index >= 15 is 0 Å². The van der Waals surface area contributed by atoms with E-state index in [-0.39, 0.29) is 0 Å². The minimum atomic E-state index is -0.970. The second kappa shape index (κ2) is 8.72. The maximum Gasteiger partial charge on any atom is 0.125 e. The van der Waals surface area contributed by atoms with Gasteiger partial charge in [0.05, 0.1) is 11.4 Å². The molecule has 0 radical (unpaired) electrons. The van der Waals surface area contributed by atoms with Crippen LogP contribution in [-0.4, -0.2) is 9.97 Å². The van der Waals surface area contributed by atoms with Gasteiger partial charge in [0.25, 0.3) is 0 Å². The molecule has 0 saturated heterocycles. The third-order valence-corrected chi connectivity index (χ3v) is 7.96. The molecule has 1 unspecified atom stereocenters. The van der Waals surface area contributed by atoms with Crippen molar-refractivity contribution in [1.29, 1.82) is 0 Å². The highest BCUT2D eigenvalue weighted by atomic mass is 32.1. The highest BCUT2D eigenvalue weighted by Crippen LogP contribution is 2.38. The smallest absolute Gasteiger partial charge is 0.125 e. The Bertz CT molecular complexity index is 1520. The summed E-state index contributed by atoms with van der Waals surface area (Å²) >= 11 is 1.71. The first-order chi connectivity index (χ1) is 16.9. The van der Waals surface area contributed by atoms with Crippen molar-refractivity contribution in [1.82, 2.24) is 9.97 Å². The number of hydrogen-bond acceptors (Lipinski definition) is 3. The molecule has 5 aromatic rings. The monoisotopic (exact) mass is 450 g/mol. The topological polar surface area (TPSA) is 25.8 Å². The number of pyridine rings is 2. The van der Waals surface area contributed by atoms with Gasteiger partial charge < -0.3 is 0 Å². The Hall–Kier alpha value is -3.04. The standard InChI is InChI=1S/C30H28N2S/c1-20(21-8-4-2-5-9-21)23-16-17-31-28(19-23)24-12-15-29-26(18-24)25-13-14-27(32-30(25)33-29)22-10-6-3-7-11-22/h3,6-7,10-21H,2,4-5,8-9H2,1H3/i20D,21D. The number of rotatable bonds is 4. The molecule has 2 aromatic carbocycles. The maximum absolute atomic E-state index is 9.20. The van der Waals surface area contributed by atoms with Crippen molar-refractivity contribution in [3.63, 3.8) is 0 Å². The van der Waals surface area contributed by atoms with Gasteiger partial charge in [-0.3, -0.25) is 4.98 Å². The SMILES string of the molecule is [2H]C1(C([2H])(C)c2ccnc(-c3ccc4sc5nc(-c6ccccc6)ccc5c4c3)c2)CCCCC1. The molecule has 164 valence electrons. The molecule has 1 aliphatic carbocycles. The Kier molecular flexibility index (Phi) is 4.86. The van der Waals surface area contributed by atoms with Crippen molar-refractivity contribution in [2.45, 2.75) is 44.9 Å². The number of aromatic nitrogens is 2. The number of fused-ring (bicyclic) bond motifs is 3.